The first-order valence-corrected chi connectivity index (χ1v) is 8.24. The summed E-state index contributed by atoms with van der Waals surface area (Å²) in [4.78, 5) is 13.2. The number of Topliss-reactive ketones (excluding diaryl/α,β-unsaturated/α-hetero) is 1. The van der Waals surface area contributed by atoms with E-state index in [9.17, 15) is 9.90 Å². The number of hydrogen-bond acceptors (Lipinski definition) is 3. The first-order valence-electron chi connectivity index (χ1n) is 8.24. The molecule has 0 aliphatic heterocycles. The van der Waals surface area contributed by atoms with Crippen LogP contribution in [0.2, 0.25) is 0 Å². The predicted molar refractivity (Wildman–Crippen MR) is 96.8 cm³/mol. The van der Waals surface area contributed by atoms with E-state index < -0.39 is 0 Å². The number of ketones is 1. The van der Waals surface area contributed by atoms with E-state index in [1.54, 1.807) is 0 Å². The Labute approximate surface area is 140 Å². The predicted octanol–water partition coefficient (Wildman–Crippen LogP) is 4.92. The van der Waals surface area contributed by atoms with E-state index in [1.165, 1.54) is 13.1 Å². The molecule has 3 nitrogen and oxygen atoms in total. The second-order valence-corrected chi connectivity index (χ2v) is 6.27. The standard InChI is InChI=1S/C20H29NO2/c1-5-6-10-17(3)21(15-20(23)18(4)22)14-16(2)13-19-11-8-7-9-12-19/h5,7-9,11,15-16,19,23H,1,3,6,10,12-14H2,2,4H3/b20-15+. The third-order valence-corrected chi connectivity index (χ3v) is 3.96. The molecular weight excluding hydrogens is 286 g/mol. The van der Waals surface area contributed by atoms with Gasteiger partial charge in [-0.15, -0.1) is 6.58 Å². The van der Waals surface area contributed by atoms with Crippen molar-refractivity contribution in [3.63, 3.8) is 0 Å². The maximum atomic E-state index is 11.3. The fourth-order valence-electron chi connectivity index (χ4n) is 2.66. The number of allylic oxidation sites excluding steroid dienone is 7. The van der Waals surface area contributed by atoms with Gasteiger partial charge in [-0.3, -0.25) is 4.79 Å². The molecule has 1 N–H and O–H groups in total. The molecule has 0 fully saturated rings. The summed E-state index contributed by atoms with van der Waals surface area (Å²) in [7, 11) is 0. The van der Waals surface area contributed by atoms with E-state index in [2.05, 4.69) is 44.4 Å². The zero-order valence-electron chi connectivity index (χ0n) is 14.4. The van der Waals surface area contributed by atoms with E-state index in [0.29, 0.717) is 11.8 Å². The SMILES string of the molecule is C=CCCC(=C)N(/C=C(/O)C(C)=O)CC(C)CC1C=CC=CC1. The number of rotatable bonds is 10. The van der Waals surface area contributed by atoms with Gasteiger partial charge in [0.15, 0.2) is 11.5 Å². The van der Waals surface area contributed by atoms with Crippen molar-refractivity contribution in [2.75, 3.05) is 6.54 Å². The first-order chi connectivity index (χ1) is 10.9. The minimum absolute atomic E-state index is 0.225. The number of aliphatic hydroxyl groups excluding tert-OH is 1. The topological polar surface area (TPSA) is 40.5 Å². The summed E-state index contributed by atoms with van der Waals surface area (Å²) in [5.41, 5.74) is 0.892. The van der Waals surface area contributed by atoms with Crippen LogP contribution in [-0.2, 0) is 4.79 Å². The Morgan fingerprint density at radius 1 is 1.48 bits per heavy atom. The monoisotopic (exact) mass is 315 g/mol. The molecule has 0 aromatic heterocycles. The molecule has 0 aromatic carbocycles. The molecule has 0 radical (unpaired) electrons. The van der Waals surface area contributed by atoms with E-state index in [4.69, 9.17) is 0 Å². The van der Waals surface area contributed by atoms with Crippen LogP contribution in [0.25, 0.3) is 0 Å². The molecule has 1 aliphatic rings. The minimum Gasteiger partial charge on any atom is -0.503 e. The van der Waals surface area contributed by atoms with Gasteiger partial charge in [0.1, 0.15) is 0 Å². The van der Waals surface area contributed by atoms with Crippen molar-refractivity contribution in [1.82, 2.24) is 4.90 Å². The van der Waals surface area contributed by atoms with Gasteiger partial charge in [0, 0.05) is 25.4 Å². The van der Waals surface area contributed by atoms with Crippen LogP contribution in [-0.4, -0.2) is 22.3 Å². The van der Waals surface area contributed by atoms with Gasteiger partial charge in [-0.25, -0.2) is 0 Å². The fourth-order valence-corrected chi connectivity index (χ4v) is 2.66. The van der Waals surface area contributed by atoms with Gasteiger partial charge >= 0.3 is 0 Å². The molecule has 0 heterocycles. The smallest absolute Gasteiger partial charge is 0.195 e. The zero-order valence-corrected chi connectivity index (χ0v) is 14.4. The second-order valence-electron chi connectivity index (χ2n) is 6.27. The maximum absolute atomic E-state index is 11.3. The molecule has 1 aliphatic carbocycles. The highest BCUT2D eigenvalue weighted by Crippen LogP contribution is 2.23. The Balaban J connectivity index is 2.70. The number of hydrogen-bond donors (Lipinski definition) is 1. The van der Waals surface area contributed by atoms with Gasteiger partial charge in [0.05, 0.1) is 0 Å². The maximum Gasteiger partial charge on any atom is 0.195 e. The van der Waals surface area contributed by atoms with E-state index in [-0.39, 0.29) is 11.5 Å². The molecule has 23 heavy (non-hydrogen) atoms. The van der Waals surface area contributed by atoms with E-state index in [0.717, 1.165) is 37.9 Å². The molecule has 0 bridgehead atoms. The average Bonchev–Trinajstić information content (AvgIpc) is 2.52. The van der Waals surface area contributed by atoms with Crippen molar-refractivity contribution in [2.45, 2.75) is 39.5 Å². The molecule has 1 rings (SSSR count). The summed E-state index contributed by atoms with van der Waals surface area (Å²) >= 11 is 0. The minimum atomic E-state index is -0.334. The highest BCUT2D eigenvalue weighted by atomic mass is 16.3. The summed E-state index contributed by atoms with van der Waals surface area (Å²) < 4.78 is 0. The lowest BCUT2D eigenvalue weighted by Crippen LogP contribution is -2.25. The molecule has 0 saturated carbocycles. The quantitative estimate of drug-likeness (QED) is 0.353. The van der Waals surface area contributed by atoms with Crippen LogP contribution in [0.5, 0.6) is 0 Å². The molecule has 0 spiro atoms. The van der Waals surface area contributed by atoms with Gasteiger partial charge in [0.2, 0.25) is 0 Å². The molecule has 3 heteroatoms. The van der Waals surface area contributed by atoms with E-state index >= 15 is 0 Å². The normalized spacial score (nSPS) is 18.5. The molecule has 0 saturated heterocycles. The summed E-state index contributed by atoms with van der Waals surface area (Å²) in [6.45, 7) is 12.1. The lowest BCUT2D eigenvalue weighted by Gasteiger charge is -2.28. The zero-order chi connectivity index (χ0) is 17.2. The summed E-state index contributed by atoms with van der Waals surface area (Å²) in [6.07, 6.45) is 15.7. The highest BCUT2D eigenvalue weighted by molar-refractivity contribution is 5.90. The third-order valence-electron chi connectivity index (χ3n) is 3.96. The van der Waals surface area contributed by atoms with Crippen molar-refractivity contribution >= 4 is 5.78 Å². The third kappa shape index (κ3) is 7.18. The fraction of sp³-hybridized carbons (Fsp3) is 0.450. The van der Waals surface area contributed by atoms with Crippen molar-refractivity contribution < 1.29 is 9.90 Å². The van der Waals surface area contributed by atoms with Crippen LogP contribution in [0.3, 0.4) is 0 Å². The second kappa shape index (κ2) is 9.88. The Kier molecular flexibility index (Phi) is 8.17. The summed E-state index contributed by atoms with van der Waals surface area (Å²) in [5.74, 6) is 0.424. The van der Waals surface area contributed by atoms with Gasteiger partial charge in [-0.2, -0.15) is 0 Å². The van der Waals surface area contributed by atoms with Crippen molar-refractivity contribution in [3.8, 4) is 0 Å². The van der Waals surface area contributed by atoms with Crippen LogP contribution >= 0.6 is 0 Å². The first kappa shape index (κ1) is 19.0. The Hall–Kier alpha value is -2.03. The van der Waals surface area contributed by atoms with Crippen LogP contribution in [0, 0.1) is 11.8 Å². The van der Waals surface area contributed by atoms with Crippen LogP contribution in [0.1, 0.15) is 39.5 Å². The Bertz CT molecular complexity index is 514. The molecule has 2 unspecified atom stereocenters. The lowest BCUT2D eigenvalue weighted by molar-refractivity contribution is -0.116. The van der Waals surface area contributed by atoms with Crippen LogP contribution in [0.15, 0.2) is 61.2 Å². The number of aliphatic hydroxyl groups is 1. The van der Waals surface area contributed by atoms with Gasteiger partial charge in [-0.1, -0.05) is 43.9 Å². The van der Waals surface area contributed by atoms with Crippen LogP contribution < -0.4 is 0 Å². The van der Waals surface area contributed by atoms with Crippen molar-refractivity contribution in [1.29, 1.82) is 0 Å². The lowest BCUT2D eigenvalue weighted by atomic mass is 9.90. The van der Waals surface area contributed by atoms with Crippen LogP contribution in [0.4, 0.5) is 0 Å². The van der Waals surface area contributed by atoms with Crippen molar-refractivity contribution in [3.05, 3.63) is 61.2 Å². The molecule has 0 aromatic rings. The summed E-state index contributed by atoms with van der Waals surface area (Å²) in [5, 5.41) is 9.79. The van der Waals surface area contributed by atoms with E-state index in [1.807, 2.05) is 11.0 Å². The number of nitrogens with zero attached hydrogens (tertiary/aromatic N) is 1. The van der Waals surface area contributed by atoms with Gasteiger partial charge in [-0.05, 0) is 37.5 Å². The molecule has 0 amide bonds. The number of carbonyl (C=O) groups is 1. The molecular formula is C20H29NO2. The Morgan fingerprint density at radius 2 is 2.22 bits per heavy atom. The average molecular weight is 315 g/mol. The van der Waals surface area contributed by atoms with Crippen molar-refractivity contribution in [2.24, 2.45) is 11.8 Å². The van der Waals surface area contributed by atoms with Gasteiger partial charge in [0.25, 0.3) is 0 Å². The Morgan fingerprint density at radius 3 is 2.78 bits per heavy atom. The highest BCUT2D eigenvalue weighted by Gasteiger charge is 2.16. The van der Waals surface area contributed by atoms with Gasteiger partial charge < -0.3 is 10.0 Å². The largest absolute Gasteiger partial charge is 0.503 e. The molecule has 2 atom stereocenters. The number of carbonyl (C=O) groups excluding carboxylic acids is 1. The molecule has 126 valence electrons. The summed E-state index contributed by atoms with van der Waals surface area (Å²) in [6, 6.07) is 0.